The molecule has 3 nitrogen and oxygen atoms in total. The molecule has 0 spiro atoms. The number of hydrogen-bond acceptors (Lipinski definition) is 3. The van der Waals surface area contributed by atoms with Crippen molar-refractivity contribution in [3.63, 3.8) is 0 Å². The molecule has 1 amide bonds. The van der Waals surface area contributed by atoms with Crippen LogP contribution >= 0.6 is 24.2 Å². The molecule has 1 saturated heterocycles. The summed E-state index contributed by atoms with van der Waals surface area (Å²) in [5.41, 5.74) is 7.39. The number of thioether (sulfide) groups is 1. The maximum Gasteiger partial charge on any atom is 0.224 e. The van der Waals surface area contributed by atoms with E-state index in [1.807, 2.05) is 17.8 Å². The smallest absolute Gasteiger partial charge is 0.224 e. The largest absolute Gasteiger partial charge is 0.334 e. The monoisotopic (exact) mass is 340 g/mol. The van der Waals surface area contributed by atoms with Gasteiger partial charge in [0.15, 0.2) is 0 Å². The van der Waals surface area contributed by atoms with Gasteiger partial charge in [0, 0.05) is 30.0 Å². The van der Waals surface area contributed by atoms with E-state index in [-0.39, 0.29) is 30.4 Å². The summed E-state index contributed by atoms with van der Waals surface area (Å²) in [6.07, 6.45) is 2.90. The van der Waals surface area contributed by atoms with Gasteiger partial charge in [0.2, 0.25) is 5.91 Å². The highest BCUT2D eigenvalue weighted by molar-refractivity contribution is 8.00. The Balaban J connectivity index is 0.00000176. The molecule has 2 aliphatic rings. The standard InChI is InChI=1S/C17H24N2OS.ClH/c1-12-17(14-5-3-2-4-6-14)19(9-10-21-12)16(20)11-15(18)13-7-8-13;/h2-6,12-13,15,17H,7-11,18H2,1H3;1H. The molecule has 2 fully saturated rings. The van der Waals surface area contributed by atoms with Gasteiger partial charge < -0.3 is 10.6 Å². The third-order valence-electron chi connectivity index (χ3n) is 4.59. The zero-order valence-corrected chi connectivity index (χ0v) is 14.6. The van der Waals surface area contributed by atoms with Crippen molar-refractivity contribution in [1.29, 1.82) is 0 Å². The van der Waals surface area contributed by atoms with Crippen LogP contribution in [0.3, 0.4) is 0 Å². The minimum atomic E-state index is 0. The lowest BCUT2D eigenvalue weighted by Crippen LogP contribution is -2.45. The Morgan fingerprint density at radius 2 is 2.05 bits per heavy atom. The quantitative estimate of drug-likeness (QED) is 0.915. The molecule has 122 valence electrons. The van der Waals surface area contributed by atoms with E-state index in [9.17, 15) is 4.79 Å². The van der Waals surface area contributed by atoms with Crippen LogP contribution in [0.4, 0.5) is 0 Å². The number of benzene rings is 1. The molecule has 22 heavy (non-hydrogen) atoms. The van der Waals surface area contributed by atoms with Crippen molar-refractivity contribution in [1.82, 2.24) is 4.90 Å². The number of carbonyl (C=O) groups is 1. The first-order chi connectivity index (χ1) is 10.2. The first-order valence-electron chi connectivity index (χ1n) is 7.88. The molecule has 1 aromatic rings. The summed E-state index contributed by atoms with van der Waals surface area (Å²) in [4.78, 5) is 14.8. The van der Waals surface area contributed by atoms with Crippen LogP contribution in [0.15, 0.2) is 30.3 Å². The van der Waals surface area contributed by atoms with Crippen LogP contribution in [0.25, 0.3) is 0 Å². The first-order valence-corrected chi connectivity index (χ1v) is 8.93. The van der Waals surface area contributed by atoms with Gasteiger partial charge in [-0.15, -0.1) is 12.4 Å². The summed E-state index contributed by atoms with van der Waals surface area (Å²) >= 11 is 1.95. The highest BCUT2D eigenvalue weighted by Crippen LogP contribution is 2.37. The van der Waals surface area contributed by atoms with Crippen molar-refractivity contribution in [2.24, 2.45) is 11.7 Å². The fourth-order valence-corrected chi connectivity index (χ4v) is 4.37. The zero-order chi connectivity index (χ0) is 14.8. The fraction of sp³-hybridized carbons (Fsp3) is 0.588. The lowest BCUT2D eigenvalue weighted by Gasteiger charge is -2.40. The van der Waals surface area contributed by atoms with Gasteiger partial charge in [0.25, 0.3) is 0 Å². The van der Waals surface area contributed by atoms with Crippen LogP contribution in [0.1, 0.15) is 37.8 Å². The molecule has 1 aromatic carbocycles. The van der Waals surface area contributed by atoms with Crippen LogP contribution in [0.5, 0.6) is 0 Å². The van der Waals surface area contributed by atoms with Gasteiger partial charge in [-0.2, -0.15) is 11.8 Å². The molecule has 1 aliphatic carbocycles. The van der Waals surface area contributed by atoms with Crippen LogP contribution in [-0.2, 0) is 4.79 Å². The Labute approximate surface area is 143 Å². The minimum absolute atomic E-state index is 0. The third kappa shape index (κ3) is 3.98. The second-order valence-corrected chi connectivity index (χ2v) is 7.71. The van der Waals surface area contributed by atoms with Crippen molar-refractivity contribution in [3.8, 4) is 0 Å². The third-order valence-corrected chi connectivity index (χ3v) is 5.79. The Morgan fingerprint density at radius 1 is 1.36 bits per heavy atom. The Bertz CT molecular complexity index is 495. The van der Waals surface area contributed by atoms with Crippen LogP contribution in [0.2, 0.25) is 0 Å². The molecule has 3 rings (SSSR count). The van der Waals surface area contributed by atoms with Gasteiger partial charge in [0.1, 0.15) is 0 Å². The zero-order valence-electron chi connectivity index (χ0n) is 13.0. The Kier molecular flexibility index (Phi) is 6.18. The fourth-order valence-electron chi connectivity index (χ4n) is 3.21. The summed E-state index contributed by atoms with van der Waals surface area (Å²) in [5, 5.41) is 0.433. The van der Waals surface area contributed by atoms with Crippen molar-refractivity contribution >= 4 is 30.1 Å². The van der Waals surface area contributed by atoms with E-state index in [0.717, 1.165) is 12.3 Å². The molecule has 0 radical (unpaired) electrons. The molecular weight excluding hydrogens is 316 g/mol. The Morgan fingerprint density at radius 3 is 2.68 bits per heavy atom. The molecule has 5 heteroatoms. The topological polar surface area (TPSA) is 46.3 Å². The molecule has 3 unspecified atom stereocenters. The molecular formula is C17H25ClN2OS. The average molecular weight is 341 g/mol. The molecule has 1 aliphatic heterocycles. The van der Waals surface area contributed by atoms with Gasteiger partial charge in [-0.05, 0) is 24.3 Å². The van der Waals surface area contributed by atoms with Gasteiger partial charge >= 0.3 is 0 Å². The number of hydrogen-bond donors (Lipinski definition) is 1. The highest BCUT2D eigenvalue weighted by atomic mass is 35.5. The van der Waals surface area contributed by atoms with Crippen LogP contribution in [0, 0.1) is 5.92 Å². The molecule has 3 atom stereocenters. The van der Waals surface area contributed by atoms with Crippen molar-refractivity contribution < 1.29 is 4.79 Å². The molecule has 0 bridgehead atoms. The van der Waals surface area contributed by atoms with Crippen molar-refractivity contribution in [2.45, 2.75) is 43.5 Å². The molecule has 2 N–H and O–H groups in total. The molecule has 1 saturated carbocycles. The van der Waals surface area contributed by atoms with Crippen LogP contribution < -0.4 is 5.73 Å². The van der Waals surface area contributed by atoms with Gasteiger partial charge in [-0.1, -0.05) is 37.3 Å². The summed E-state index contributed by atoms with van der Waals surface area (Å²) in [6, 6.07) is 10.6. The van der Waals surface area contributed by atoms with E-state index in [1.54, 1.807) is 0 Å². The highest BCUT2D eigenvalue weighted by Gasteiger charge is 2.36. The van der Waals surface area contributed by atoms with E-state index in [0.29, 0.717) is 17.6 Å². The van der Waals surface area contributed by atoms with E-state index >= 15 is 0 Å². The molecule has 1 heterocycles. The first kappa shape index (κ1) is 17.6. The van der Waals surface area contributed by atoms with E-state index in [1.165, 1.54) is 18.4 Å². The molecule has 0 aromatic heterocycles. The number of carbonyl (C=O) groups excluding carboxylic acids is 1. The predicted molar refractivity (Wildman–Crippen MR) is 95.4 cm³/mol. The lowest BCUT2D eigenvalue weighted by atomic mass is 10.0. The van der Waals surface area contributed by atoms with Crippen LogP contribution in [-0.4, -0.2) is 34.4 Å². The second kappa shape index (κ2) is 7.71. The van der Waals surface area contributed by atoms with Gasteiger partial charge in [-0.25, -0.2) is 0 Å². The average Bonchev–Trinajstić information content (AvgIpc) is 3.32. The number of halogens is 1. The number of amides is 1. The summed E-state index contributed by atoms with van der Waals surface area (Å²) < 4.78 is 0. The normalized spacial score (nSPS) is 26.2. The maximum absolute atomic E-state index is 12.7. The van der Waals surface area contributed by atoms with Gasteiger partial charge in [-0.3, -0.25) is 4.79 Å². The SMILES string of the molecule is CC1SCCN(C(=O)CC(N)C2CC2)C1c1ccccc1.Cl. The number of nitrogens with two attached hydrogens (primary N) is 1. The number of nitrogens with zero attached hydrogens (tertiary/aromatic N) is 1. The van der Waals surface area contributed by atoms with Crippen molar-refractivity contribution in [3.05, 3.63) is 35.9 Å². The van der Waals surface area contributed by atoms with Crippen molar-refractivity contribution in [2.75, 3.05) is 12.3 Å². The predicted octanol–water partition coefficient (Wildman–Crippen LogP) is 3.24. The maximum atomic E-state index is 12.7. The second-order valence-electron chi connectivity index (χ2n) is 6.22. The van der Waals surface area contributed by atoms with Gasteiger partial charge in [0.05, 0.1) is 6.04 Å². The van der Waals surface area contributed by atoms with E-state index < -0.39 is 0 Å². The summed E-state index contributed by atoms with van der Waals surface area (Å²) in [6.45, 7) is 3.06. The summed E-state index contributed by atoms with van der Waals surface area (Å²) in [7, 11) is 0. The summed E-state index contributed by atoms with van der Waals surface area (Å²) in [5.74, 6) is 1.84. The minimum Gasteiger partial charge on any atom is -0.334 e. The lowest BCUT2D eigenvalue weighted by molar-refractivity contribution is -0.134. The van der Waals surface area contributed by atoms with E-state index in [4.69, 9.17) is 5.73 Å². The van der Waals surface area contributed by atoms with E-state index in [2.05, 4.69) is 36.1 Å². The number of rotatable bonds is 4. The Hall–Kier alpha value is -0.710.